The van der Waals surface area contributed by atoms with E-state index in [4.69, 9.17) is 4.74 Å². The molecule has 0 aliphatic carbocycles. The van der Waals surface area contributed by atoms with Gasteiger partial charge in [0, 0.05) is 17.0 Å². The summed E-state index contributed by atoms with van der Waals surface area (Å²) in [5.41, 5.74) is 8.30. The topological polar surface area (TPSA) is 75.6 Å². The van der Waals surface area contributed by atoms with Crippen molar-refractivity contribution in [1.82, 2.24) is 4.98 Å². The van der Waals surface area contributed by atoms with Crippen LogP contribution in [0.2, 0.25) is 0 Å². The first kappa shape index (κ1) is 19.8. The molecule has 2 N–H and O–H groups in total. The number of rotatable bonds is 6. The fourth-order valence-corrected chi connectivity index (χ4v) is 3.67. The fourth-order valence-electron chi connectivity index (χ4n) is 2.78. The minimum absolute atomic E-state index is 0.153. The Morgan fingerprint density at radius 1 is 1.25 bits per heavy atom. The quantitative estimate of drug-likeness (QED) is 0.434. The maximum absolute atomic E-state index is 12.7. The van der Waals surface area contributed by atoms with Gasteiger partial charge in [-0.15, -0.1) is 0 Å². The van der Waals surface area contributed by atoms with Gasteiger partial charge < -0.3 is 10.1 Å². The van der Waals surface area contributed by atoms with Crippen LogP contribution in [0, 0.1) is 13.8 Å². The van der Waals surface area contributed by atoms with Gasteiger partial charge in [0.15, 0.2) is 0 Å². The lowest BCUT2D eigenvalue weighted by Gasteiger charge is -2.12. The van der Waals surface area contributed by atoms with Gasteiger partial charge in [-0.3, -0.25) is 10.2 Å². The summed E-state index contributed by atoms with van der Waals surface area (Å²) in [7, 11) is 1.60. The van der Waals surface area contributed by atoms with Gasteiger partial charge in [0.25, 0.3) is 5.91 Å². The summed E-state index contributed by atoms with van der Waals surface area (Å²) >= 11 is 1.53. The molecule has 0 saturated heterocycles. The van der Waals surface area contributed by atoms with Crippen LogP contribution >= 0.6 is 11.3 Å². The molecular formula is C21H24N4O2S. The van der Waals surface area contributed by atoms with Gasteiger partial charge in [-0.2, -0.15) is 5.10 Å². The highest BCUT2D eigenvalue weighted by Gasteiger charge is 2.15. The number of benzene rings is 2. The Morgan fingerprint density at radius 2 is 1.96 bits per heavy atom. The lowest BCUT2D eigenvalue weighted by molar-refractivity contribution is 0.102. The third-order valence-electron chi connectivity index (χ3n) is 4.56. The standard InChI is InChI=1S/C21H24N4O2S/c1-6-13(3)24-25-21-22-17-11-12(2)18(14(4)19(17)28-21)23-20(26)15-7-9-16(27-5)10-8-15/h7-11H,6H2,1-5H3,(H,22,25)(H,23,26)/b24-13+. The molecule has 0 unspecified atom stereocenters. The van der Waals surface area contributed by atoms with Gasteiger partial charge in [0.2, 0.25) is 5.13 Å². The number of thiazole rings is 1. The summed E-state index contributed by atoms with van der Waals surface area (Å²) in [6.45, 7) is 8.01. The number of hydrazone groups is 1. The first-order chi connectivity index (χ1) is 13.4. The number of carbonyl (C=O) groups excluding carboxylic acids is 1. The molecule has 0 atom stereocenters. The van der Waals surface area contributed by atoms with E-state index in [1.807, 2.05) is 26.8 Å². The number of nitrogens with one attached hydrogen (secondary N) is 2. The number of hydrogen-bond acceptors (Lipinski definition) is 6. The summed E-state index contributed by atoms with van der Waals surface area (Å²) in [6, 6.07) is 9.04. The van der Waals surface area contributed by atoms with Gasteiger partial charge in [-0.05, 0) is 68.7 Å². The Bertz CT molecular complexity index is 1040. The lowest BCUT2D eigenvalue weighted by Crippen LogP contribution is -2.13. The number of ether oxygens (including phenoxy) is 1. The molecule has 2 aromatic carbocycles. The fraction of sp³-hybridized carbons (Fsp3) is 0.286. The van der Waals surface area contributed by atoms with Crippen molar-refractivity contribution in [3.63, 3.8) is 0 Å². The molecule has 7 heteroatoms. The number of hydrogen-bond donors (Lipinski definition) is 2. The molecule has 3 aromatic rings. The van der Waals surface area contributed by atoms with Crippen LogP contribution in [-0.4, -0.2) is 23.7 Å². The Morgan fingerprint density at radius 3 is 2.61 bits per heavy atom. The van der Waals surface area contributed by atoms with Crippen LogP contribution in [0.5, 0.6) is 5.75 Å². The van der Waals surface area contributed by atoms with Crippen molar-refractivity contribution in [3.05, 3.63) is 47.0 Å². The minimum Gasteiger partial charge on any atom is -0.497 e. The minimum atomic E-state index is -0.153. The largest absolute Gasteiger partial charge is 0.497 e. The van der Waals surface area contributed by atoms with Crippen molar-refractivity contribution < 1.29 is 9.53 Å². The third-order valence-corrected chi connectivity index (χ3v) is 5.66. The molecule has 0 radical (unpaired) electrons. The molecule has 1 amide bonds. The molecule has 0 saturated carbocycles. The van der Waals surface area contributed by atoms with Crippen molar-refractivity contribution in [1.29, 1.82) is 0 Å². The summed E-state index contributed by atoms with van der Waals surface area (Å²) in [5.74, 6) is 0.565. The first-order valence-electron chi connectivity index (χ1n) is 9.08. The Kier molecular flexibility index (Phi) is 5.94. The molecule has 0 bridgehead atoms. The average molecular weight is 397 g/mol. The van der Waals surface area contributed by atoms with Crippen LogP contribution in [0.4, 0.5) is 10.8 Å². The Hall–Kier alpha value is -2.93. The van der Waals surface area contributed by atoms with Crippen LogP contribution < -0.4 is 15.5 Å². The Labute approximate surface area is 168 Å². The van der Waals surface area contributed by atoms with Crippen molar-refractivity contribution in [2.45, 2.75) is 34.1 Å². The zero-order valence-corrected chi connectivity index (χ0v) is 17.5. The molecule has 28 heavy (non-hydrogen) atoms. The molecule has 6 nitrogen and oxygen atoms in total. The number of methoxy groups -OCH3 is 1. The molecule has 0 aliphatic rings. The van der Waals surface area contributed by atoms with E-state index < -0.39 is 0 Å². The van der Waals surface area contributed by atoms with E-state index >= 15 is 0 Å². The predicted octanol–water partition coefficient (Wildman–Crippen LogP) is 5.37. The normalized spacial score (nSPS) is 11.5. The van der Waals surface area contributed by atoms with Gasteiger partial charge >= 0.3 is 0 Å². The second kappa shape index (κ2) is 8.39. The van der Waals surface area contributed by atoms with Crippen LogP contribution in [0.3, 0.4) is 0 Å². The highest BCUT2D eigenvalue weighted by atomic mass is 32.1. The Balaban J connectivity index is 1.89. The SMILES string of the molecule is CC/C(C)=N/Nc1nc2cc(C)c(NC(=O)c3ccc(OC)cc3)c(C)c2s1. The molecule has 1 aromatic heterocycles. The number of aryl methyl sites for hydroxylation is 2. The highest BCUT2D eigenvalue weighted by Crippen LogP contribution is 2.35. The van der Waals surface area contributed by atoms with Crippen LogP contribution in [0.15, 0.2) is 35.4 Å². The van der Waals surface area contributed by atoms with Crippen LogP contribution in [0.1, 0.15) is 41.8 Å². The van der Waals surface area contributed by atoms with E-state index in [9.17, 15) is 4.79 Å². The number of fused-ring (bicyclic) bond motifs is 1. The second-order valence-electron chi connectivity index (χ2n) is 6.56. The van der Waals surface area contributed by atoms with Gasteiger partial charge in [0.1, 0.15) is 5.75 Å². The van der Waals surface area contributed by atoms with Crippen molar-refractivity contribution in [3.8, 4) is 5.75 Å². The summed E-state index contributed by atoms with van der Waals surface area (Å²) < 4.78 is 6.18. The number of aromatic nitrogens is 1. The zero-order chi connectivity index (χ0) is 20.3. The highest BCUT2D eigenvalue weighted by molar-refractivity contribution is 7.22. The molecular weight excluding hydrogens is 372 g/mol. The molecule has 3 rings (SSSR count). The molecule has 1 heterocycles. The summed E-state index contributed by atoms with van der Waals surface area (Å²) in [4.78, 5) is 17.3. The summed E-state index contributed by atoms with van der Waals surface area (Å²) in [6.07, 6.45) is 0.886. The summed E-state index contributed by atoms with van der Waals surface area (Å²) in [5, 5.41) is 8.10. The maximum Gasteiger partial charge on any atom is 0.255 e. The zero-order valence-electron chi connectivity index (χ0n) is 16.7. The molecule has 0 aliphatic heterocycles. The number of nitrogens with zero attached hydrogens (tertiary/aromatic N) is 2. The predicted molar refractivity (Wildman–Crippen MR) is 117 cm³/mol. The van der Waals surface area contributed by atoms with E-state index in [-0.39, 0.29) is 5.91 Å². The molecule has 0 spiro atoms. The molecule has 0 fully saturated rings. The average Bonchev–Trinajstić information content (AvgIpc) is 3.12. The van der Waals surface area contributed by atoms with Crippen molar-refractivity contribution >= 4 is 44.0 Å². The van der Waals surface area contributed by atoms with E-state index in [1.165, 1.54) is 11.3 Å². The van der Waals surface area contributed by atoms with E-state index in [1.54, 1.807) is 31.4 Å². The number of anilines is 2. The van der Waals surface area contributed by atoms with Crippen molar-refractivity contribution in [2.24, 2.45) is 5.10 Å². The second-order valence-corrected chi connectivity index (χ2v) is 7.55. The van der Waals surface area contributed by atoms with Crippen LogP contribution in [0.25, 0.3) is 10.2 Å². The maximum atomic E-state index is 12.7. The third kappa shape index (κ3) is 4.14. The van der Waals surface area contributed by atoms with Crippen molar-refractivity contribution in [2.75, 3.05) is 17.9 Å². The van der Waals surface area contributed by atoms with E-state index in [2.05, 4.69) is 27.8 Å². The monoisotopic (exact) mass is 396 g/mol. The van der Waals surface area contributed by atoms with Crippen LogP contribution in [-0.2, 0) is 0 Å². The van der Waals surface area contributed by atoms with Gasteiger partial charge in [-0.1, -0.05) is 18.3 Å². The molecule has 146 valence electrons. The van der Waals surface area contributed by atoms with Gasteiger partial charge in [0.05, 0.1) is 17.3 Å². The number of carbonyl (C=O) groups is 1. The van der Waals surface area contributed by atoms with E-state index in [0.717, 1.165) is 50.0 Å². The van der Waals surface area contributed by atoms with Gasteiger partial charge in [-0.25, -0.2) is 4.98 Å². The number of amides is 1. The lowest BCUT2D eigenvalue weighted by atomic mass is 10.1. The first-order valence-corrected chi connectivity index (χ1v) is 9.90. The smallest absolute Gasteiger partial charge is 0.255 e. The van der Waals surface area contributed by atoms with E-state index in [0.29, 0.717) is 5.56 Å².